The molecule has 3 N–H and O–H groups in total. The third kappa shape index (κ3) is 3.76. The van der Waals surface area contributed by atoms with Crippen molar-refractivity contribution in [3.8, 4) is 0 Å². The molecule has 1 aliphatic carbocycles. The number of hydrogen-bond donors (Lipinski definition) is 2. The highest BCUT2D eigenvalue weighted by atomic mass is 32.2. The molecular weight excluding hydrogens is 308 g/mol. The number of sulfonamides is 2. The molecule has 0 unspecified atom stereocenters. The Morgan fingerprint density at radius 2 is 1.84 bits per heavy atom. The van der Waals surface area contributed by atoms with Crippen molar-refractivity contribution in [2.45, 2.75) is 41.7 Å². The summed E-state index contributed by atoms with van der Waals surface area (Å²) in [7, 11) is -7.02. The second-order valence-electron chi connectivity index (χ2n) is 4.54. The van der Waals surface area contributed by atoms with Crippen LogP contribution in [0.5, 0.6) is 0 Å². The molecule has 0 aliphatic heterocycles. The van der Waals surface area contributed by atoms with Crippen LogP contribution in [0, 0.1) is 0 Å². The number of rotatable bonds is 5. The summed E-state index contributed by atoms with van der Waals surface area (Å²) in [4.78, 5) is 0.630. The first-order valence-electron chi connectivity index (χ1n) is 5.89. The van der Waals surface area contributed by atoms with Crippen LogP contribution in [0.4, 0.5) is 0 Å². The Morgan fingerprint density at radius 3 is 2.37 bits per heavy atom. The van der Waals surface area contributed by atoms with E-state index in [0.717, 1.165) is 24.2 Å². The van der Waals surface area contributed by atoms with E-state index in [1.165, 1.54) is 6.07 Å². The van der Waals surface area contributed by atoms with Gasteiger partial charge in [-0.15, -0.1) is 11.3 Å². The molecule has 1 heterocycles. The lowest BCUT2D eigenvalue weighted by Gasteiger charge is -2.11. The predicted molar refractivity (Wildman–Crippen MR) is 73.7 cm³/mol. The van der Waals surface area contributed by atoms with Crippen LogP contribution >= 0.6 is 11.3 Å². The molecule has 6 nitrogen and oxygen atoms in total. The van der Waals surface area contributed by atoms with Gasteiger partial charge in [0, 0.05) is 11.4 Å². The first kappa shape index (κ1) is 14.9. The van der Waals surface area contributed by atoms with Crippen molar-refractivity contribution in [3.63, 3.8) is 0 Å². The van der Waals surface area contributed by atoms with E-state index in [9.17, 15) is 16.8 Å². The topological polar surface area (TPSA) is 106 Å². The molecule has 1 fully saturated rings. The van der Waals surface area contributed by atoms with Gasteiger partial charge in [0.25, 0.3) is 0 Å². The van der Waals surface area contributed by atoms with Crippen LogP contribution in [0.1, 0.15) is 30.6 Å². The molecule has 1 saturated carbocycles. The van der Waals surface area contributed by atoms with Crippen molar-refractivity contribution < 1.29 is 16.8 Å². The molecule has 0 bridgehead atoms. The van der Waals surface area contributed by atoms with Crippen molar-refractivity contribution in [2.75, 3.05) is 0 Å². The molecule has 0 atom stereocenters. The maximum atomic E-state index is 12.0. The fraction of sp³-hybridized carbons (Fsp3) is 0.600. The van der Waals surface area contributed by atoms with Crippen molar-refractivity contribution in [1.82, 2.24) is 4.72 Å². The SMILES string of the molecule is NS(=O)(=O)c1ccc(CNS(=O)(=O)C2CCCC2)s1. The highest BCUT2D eigenvalue weighted by Gasteiger charge is 2.28. The smallest absolute Gasteiger partial charge is 0.224 e. The van der Waals surface area contributed by atoms with Crippen LogP contribution in [0.15, 0.2) is 16.3 Å². The van der Waals surface area contributed by atoms with E-state index in [0.29, 0.717) is 17.7 Å². The number of hydrogen-bond acceptors (Lipinski definition) is 5. The molecule has 9 heteroatoms. The third-order valence-corrected chi connectivity index (χ3v) is 7.53. The van der Waals surface area contributed by atoms with E-state index in [1.807, 2.05) is 0 Å². The van der Waals surface area contributed by atoms with Crippen molar-refractivity contribution >= 4 is 31.4 Å². The molecule has 1 aromatic heterocycles. The largest absolute Gasteiger partial charge is 0.247 e. The van der Waals surface area contributed by atoms with Gasteiger partial charge in [-0.05, 0) is 25.0 Å². The van der Waals surface area contributed by atoms with Crippen LogP contribution in [-0.2, 0) is 26.6 Å². The number of nitrogens with one attached hydrogen (secondary N) is 1. The Morgan fingerprint density at radius 1 is 1.21 bits per heavy atom. The van der Waals surface area contributed by atoms with Crippen LogP contribution in [0.3, 0.4) is 0 Å². The van der Waals surface area contributed by atoms with Gasteiger partial charge in [0.1, 0.15) is 4.21 Å². The van der Waals surface area contributed by atoms with E-state index < -0.39 is 20.0 Å². The summed E-state index contributed by atoms with van der Waals surface area (Å²) < 4.78 is 48.7. The molecule has 0 spiro atoms. The lowest BCUT2D eigenvalue weighted by atomic mass is 10.4. The fourth-order valence-electron chi connectivity index (χ4n) is 2.09. The first-order chi connectivity index (χ1) is 8.79. The normalized spacial score (nSPS) is 17.9. The van der Waals surface area contributed by atoms with Gasteiger partial charge in [0.05, 0.1) is 5.25 Å². The highest BCUT2D eigenvalue weighted by Crippen LogP contribution is 2.25. The summed E-state index contributed by atoms with van der Waals surface area (Å²) in [5.41, 5.74) is 0. The van der Waals surface area contributed by atoms with Crippen LogP contribution in [-0.4, -0.2) is 22.1 Å². The summed E-state index contributed by atoms with van der Waals surface area (Å²) in [6.07, 6.45) is 3.28. The zero-order chi connectivity index (χ0) is 14.1. The molecule has 2 rings (SSSR count). The molecule has 108 valence electrons. The molecule has 0 saturated heterocycles. The number of primary sulfonamides is 1. The van der Waals surface area contributed by atoms with Gasteiger partial charge < -0.3 is 0 Å². The summed E-state index contributed by atoms with van der Waals surface area (Å²) in [6, 6.07) is 2.96. The quantitative estimate of drug-likeness (QED) is 0.833. The van der Waals surface area contributed by atoms with Gasteiger partial charge in [0.2, 0.25) is 20.0 Å². The maximum Gasteiger partial charge on any atom is 0.247 e. The summed E-state index contributed by atoms with van der Waals surface area (Å²) in [5, 5.41) is 4.68. The highest BCUT2D eigenvalue weighted by molar-refractivity contribution is 7.91. The Hall–Kier alpha value is -0.480. The summed E-state index contributed by atoms with van der Waals surface area (Å²) in [5.74, 6) is 0. The second kappa shape index (κ2) is 5.49. The van der Waals surface area contributed by atoms with E-state index in [2.05, 4.69) is 4.72 Å². The molecular formula is C10H16N2O4S3. The Balaban J connectivity index is 2.01. The molecule has 0 radical (unpaired) electrons. The third-order valence-electron chi connectivity index (χ3n) is 3.11. The van der Waals surface area contributed by atoms with Gasteiger partial charge in [-0.25, -0.2) is 26.7 Å². The average molecular weight is 324 g/mol. The van der Waals surface area contributed by atoms with Gasteiger partial charge in [-0.3, -0.25) is 0 Å². The minimum Gasteiger partial charge on any atom is -0.224 e. The molecule has 1 aromatic rings. The van der Waals surface area contributed by atoms with E-state index in [-0.39, 0.29) is 16.0 Å². The van der Waals surface area contributed by atoms with Crippen LogP contribution in [0.2, 0.25) is 0 Å². The number of thiophene rings is 1. The molecule has 0 aromatic carbocycles. The Bertz CT molecular complexity index is 642. The second-order valence-corrected chi connectivity index (χ2v) is 9.54. The predicted octanol–water partition coefficient (Wildman–Crippen LogP) is 0.757. The fourth-order valence-corrected chi connectivity index (χ4v) is 5.45. The summed E-state index contributed by atoms with van der Waals surface area (Å²) >= 11 is 0.983. The monoisotopic (exact) mass is 324 g/mol. The van der Waals surface area contributed by atoms with Gasteiger partial charge in [-0.2, -0.15) is 0 Å². The van der Waals surface area contributed by atoms with E-state index in [4.69, 9.17) is 5.14 Å². The van der Waals surface area contributed by atoms with Crippen LogP contribution in [0.25, 0.3) is 0 Å². The van der Waals surface area contributed by atoms with Gasteiger partial charge in [0.15, 0.2) is 0 Å². The molecule has 19 heavy (non-hydrogen) atoms. The first-order valence-corrected chi connectivity index (χ1v) is 9.80. The summed E-state index contributed by atoms with van der Waals surface area (Å²) in [6.45, 7) is 0.110. The minimum absolute atomic E-state index is 0.0440. The minimum atomic E-state index is -3.71. The van der Waals surface area contributed by atoms with E-state index >= 15 is 0 Å². The lowest BCUT2D eigenvalue weighted by Crippen LogP contribution is -2.31. The van der Waals surface area contributed by atoms with Crippen molar-refractivity contribution in [2.24, 2.45) is 5.14 Å². The van der Waals surface area contributed by atoms with Gasteiger partial charge >= 0.3 is 0 Å². The molecule has 1 aliphatic rings. The Labute approximate surface area is 117 Å². The van der Waals surface area contributed by atoms with Gasteiger partial charge in [-0.1, -0.05) is 12.8 Å². The van der Waals surface area contributed by atoms with Crippen LogP contribution < -0.4 is 9.86 Å². The zero-order valence-corrected chi connectivity index (χ0v) is 12.7. The van der Waals surface area contributed by atoms with E-state index in [1.54, 1.807) is 6.07 Å². The van der Waals surface area contributed by atoms with Crippen molar-refractivity contribution in [1.29, 1.82) is 0 Å². The maximum absolute atomic E-state index is 12.0. The molecule has 0 amide bonds. The number of nitrogens with two attached hydrogens (primary N) is 1. The van der Waals surface area contributed by atoms with Crippen molar-refractivity contribution in [3.05, 3.63) is 17.0 Å². The zero-order valence-electron chi connectivity index (χ0n) is 10.2. The average Bonchev–Trinajstić information content (AvgIpc) is 2.97. The standard InChI is InChI=1S/C10H16N2O4S3/c11-18(13,14)10-6-5-8(17-10)7-12-19(15,16)9-3-1-2-4-9/h5-6,9,12H,1-4,7H2,(H2,11,13,14). The lowest BCUT2D eigenvalue weighted by molar-refractivity contribution is 0.565. The Kier molecular flexibility index (Phi) is 4.31.